The van der Waals surface area contributed by atoms with Crippen LogP contribution >= 0.6 is 38.5 Å². The summed E-state index contributed by atoms with van der Waals surface area (Å²) >= 11 is 5.01. The fourth-order valence-electron chi connectivity index (χ4n) is 2.38. The van der Waals surface area contributed by atoms with Gasteiger partial charge < -0.3 is 0 Å². The van der Waals surface area contributed by atoms with Crippen molar-refractivity contribution in [2.45, 2.75) is 13.3 Å². The Morgan fingerprint density at radius 2 is 1.96 bits per heavy atom. The van der Waals surface area contributed by atoms with E-state index in [9.17, 15) is 13.6 Å². The Morgan fingerprint density at radius 1 is 1.22 bits per heavy atom. The van der Waals surface area contributed by atoms with E-state index in [0.717, 1.165) is 0 Å². The lowest BCUT2D eigenvalue weighted by molar-refractivity contribution is 0.610. The Hall–Kier alpha value is -1.35. The monoisotopic (exact) mass is 490 g/mol. The molecule has 3 nitrogen and oxygen atoms in total. The summed E-state index contributed by atoms with van der Waals surface area (Å²) < 4.78 is 30.2. The minimum absolute atomic E-state index is 0.129. The van der Waals surface area contributed by atoms with Crippen LogP contribution in [0.15, 0.2) is 39.6 Å². The van der Waals surface area contributed by atoms with Crippen LogP contribution in [-0.2, 0) is 6.42 Å². The van der Waals surface area contributed by atoms with Crippen molar-refractivity contribution < 1.29 is 8.78 Å². The van der Waals surface area contributed by atoms with Gasteiger partial charge in [-0.2, -0.15) is 0 Å². The minimum Gasteiger partial charge on any atom is -0.268 e. The molecule has 7 heteroatoms. The molecule has 1 aromatic heterocycles. The van der Waals surface area contributed by atoms with Gasteiger partial charge in [-0.3, -0.25) is 9.36 Å². The Labute approximate surface area is 152 Å². The molecule has 3 rings (SSSR count). The van der Waals surface area contributed by atoms with Crippen LogP contribution in [0.25, 0.3) is 16.6 Å². The minimum atomic E-state index is -0.533. The van der Waals surface area contributed by atoms with E-state index in [1.807, 2.05) is 29.5 Å². The molecule has 0 aliphatic carbocycles. The van der Waals surface area contributed by atoms with Crippen LogP contribution in [0.1, 0.15) is 12.7 Å². The molecule has 0 N–H and O–H groups in total. The summed E-state index contributed by atoms with van der Waals surface area (Å²) in [6.45, 7) is 1.81. The quantitative estimate of drug-likeness (QED) is 0.492. The largest absolute Gasteiger partial charge is 0.268 e. The number of benzene rings is 2. The van der Waals surface area contributed by atoms with E-state index in [1.54, 1.807) is 6.07 Å². The zero-order valence-electron chi connectivity index (χ0n) is 11.9. The van der Waals surface area contributed by atoms with Gasteiger partial charge in [-0.05, 0) is 46.9 Å². The second-order valence-electron chi connectivity index (χ2n) is 4.90. The summed E-state index contributed by atoms with van der Waals surface area (Å²) in [6, 6.07) is 7.14. The fraction of sp³-hybridized carbons (Fsp3) is 0.125. The maximum absolute atomic E-state index is 14.3. The van der Waals surface area contributed by atoms with Gasteiger partial charge in [0, 0.05) is 20.5 Å². The lowest BCUT2D eigenvalue weighted by atomic mass is 10.2. The van der Waals surface area contributed by atoms with E-state index < -0.39 is 17.2 Å². The molecule has 0 unspecified atom stereocenters. The summed E-state index contributed by atoms with van der Waals surface area (Å²) in [7, 11) is 0. The Bertz CT molecular complexity index is 988. The highest BCUT2D eigenvalue weighted by Crippen LogP contribution is 2.22. The molecule has 0 saturated carbocycles. The molecule has 0 saturated heterocycles. The summed E-state index contributed by atoms with van der Waals surface area (Å²) in [5.74, 6) is -0.585. The van der Waals surface area contributed by atoms with Gasteiger partial charge >= 0.3 is 0 Å². The summed E-state index contributed by atoms with van der Waals surface area (Å²) in [6.07, 6.45) is 0.411. The smallest absolute Gasteiger partial charge is 0.266 e. The molecule has 0 radical (unpaired) electrons. The Morgan fingerprint density at radius 3 is 2.61 bits per heavy atom. The number of aromatic nitrogens is 2. The van der Waals surface area contributed by atoms with Crippen LogP contribution in [0.2, 0.25) is 0 Å². The van der Waals surface area contributed by atoms with Crippen LogP contribution in [-0.4, -0.2) is 9.55 Å². The van der Waals surface area contributed by atoms with Crippen molar-refractivity contribution >= 4 is 49.4 Å². The first kappa shape index (κ1) is 16.5. The average Bonchev–Trinajstić information content (AvgIpc) is 2.50. The number of rotatable bonds is 2. The number of nitrogens with zero attached hydrogens (tertiary/aromatic N) is 2. The maximum Gasteiger partial charge on any atom is 0.266 e. The highest BCUT2D eigenvalue weighted by Gasteiger charge is 2.16. The SMILES string of the molecule is CCc1nc2cc(F)c(I)cc2c(=O)n1-c1ccc(Br)cc1F. The Balaban J connectivity index is 2.42. The van der Waals surface area contributed by atoms with Crippen molar-refractivity contribution in [1.82, 2.24) is 9.55 Å². The molecule has 0 aliphatic rings. The normalized spacial score (nSPS) is 11.2. The van der Waals surface area contributed by atoms with Gasteiger partial charge in [0.25, 0.3) is 5.56 Å². The molecule has 0 aliphatic heterocycles. The van der Waals surface area contributed by atoms with Gasteiger partial charge in [-0.25, -0.2) is 13.8 Å². The van der Waals surface area contributed by atoms with Crippen molar-refractivity contribution in [3.05, 3.63) is 66.2 Å². The number of fused-ring (bicyclic) bond motifs is 1. The Kier molecular flexibility index (Phi) is 4.50. The molecule has 3 aromatic rings. The zero-order chi connectivity index (χ0) is 16.7. The first-order valence-corrected chi connectivity index (χ1v) is 8.65. The van der Waals surface area contributed by atoms with E-state index in [0.29, 0.717) is 20.3 Å². The summed E-state index contributed by atoms with van der Waals surface area (Å²) in [5, 5.41) is 0.260. The number of halogens is 4. The molecular formula is C16H10BrF2IN2O. The molecular weight excluding hydrogens is 481 g/mol. The van der Waals surface area contributed by atoms with Crippen molar-refractivity contribution in [3.63, 3.8) is 0 Å². The van der Waals surface area contributed by atoms with E-state index in [4.69, 9.17) is 0 Å². The standard InChI is InChI=1S/C16H10BrF2IN2O/c1-2-15-21-13-7-10(18)12(20)6-9(13)16(23)22(15)14-4-3-8(17)5-11(14)19/h3-7H,2H2,1H3. The molecule has 0 fully saturated rings. The number of hydrogen-bond acceptors (Lipinski definition) is 2. The predicted molar refractivity (Wildman–Crippen MR) is 97.1 cm³/mol. The van der Waals surface area contributed by atoms with Crippen LogP contribution in [0.4, 0.5) is 8.78 Å². The molecule has 0 bridgehead atoms. The molecule has 0 atom stereocenters. The van der Waals surface area contributed by atoms with Gasteiger partial charge in [-0.15, -0.1) is 0 Å². The molecule has 0 amide bonds. The lowest BCUT2D eigenvalue weighted by Gasteiger charge is -2.13. The third-order valence-electron chi connectivity index (χ3n) is 3.45. The highest BCUT2D eigenvalue weighted by molar-refractivity contribution is 14.1. The van der Waals surface area contributed by atoms with Crippen molar-refractivity contribution in [2.24, 2.45) is 0 Å². The van der Waals surface area contributed by atoms with Crippen LogP contribution in [0, 0.1) is 15.2 Å². The van der Waals surface area contributed by atoms with Gasteiger partial charge in [0.15, 0.2) is 0 Å². The zero-order valence-corrected chi connectivity index (χ0v) is 15.7. The summed E-state index contributed by atoms with van der Waals surface area (Å²) in [5.41, 5.74) is -0.00620. The maximum atomic E-state index is 14.3. The van der Waals surface area contributed by atoms with Crippen molar-refractivity contribution in [1.29, 1.82) is 0 Å². The van der Waals surface area contributed by atoms with E-state index in [-0.39, 0.29) is 16.6 Å². The van der Waals surface area contributed by atoms with Crippen molar-refractivity contribution in [2.75, 3.05) is 0 Å². The second kappa shape index (κ2) is 6.27. The van der Waals surface area contributed by atoms with Gasteiger partial charge in [-0.1, -0.05) is 22.9 Å². The van der Waals surface area contributed by atoms with Gasteiger partial charge in [0.2, 0.25) is 0 Å². The van der Waals surface area contributed by atoms with E-state index >= 15 is 0 Å². The predicted octanol–water partition coefficient (Wildman–Crippen LogP) is 4.59. The molecule has 118 valence electrons. The van der Waals surface area contributed by atoms with Gasteiger partial charge in [0.1, 0.15) is 17.5 Å². The second-order valence-corrected chi connectivity index (χ2v) is 6.98. The third kappa shape index (κ3) is 2.91. The molecule has 2 aromatic carbocycles. The molecule has 0 spiro atoms. The van der Waals surface area contributed by atoms with Crippen molar-refractivity contribution in [3.8, 4) is 5.69 Å². The fourth-order valence-corrected chi connectivity index (χ4v) is 3.18. The van der Waals surface area contributed by atoms with E-state index in [2.05, 4.69) is 20.9 Å². The van der Waals surface area contributed by atoms with Crippen LogP contribution in [0.3, 0.4) is 0 Å². The molecule has 23 heavy (non-hydrogen) atoms. The summed E-state index contributed by atoms with van der Waals surface area (Å²) in [4.78, 5) is 17.2. The number of hydrogen-bond donors (Lipinski definition) is 0. The highest BCUT2D eigenvalue weighted by atomic mass is 127. The first-order valence-electron chi connectivity index (χ1n) is 6.78. The average molecular weight is 491 g/mol. The lowest BCUT2D eigenvalue weighted by Crippen LogP contribution is -2.24. The topological polar surface area (TPSA) is 34.9 Å². The van der Waals surface area contributed by atoms with Crippen LogP contribution < -0.4 is 5.56 Å². The van der Waals surface area contributed by atoms with Crippen LogP contribution in [0.5, 0.6) is 0 Å². The number of aryl methyl sites for hydroxylation is 1. The van der Waals surface area contributed by atoms with Gasteiger partial charge in [0.05, 0.1) is 16.6 Å². The van der Waals surface area contributed by atoms with E-state index in [1.165, 1.54) is 28.8 Å². The third-order valence-corrected chi connectivity index (χ3v) is 4.77. The molecule has 1 heterocycles. The first-order chi connectivity index (χ1) is 10.9.